The van der Waals surface area contributed by atoms with Gasteiger partial charge < -0.3 is 10.1 Å². The highest BCUT2D eigenvalue weighted by Crippen LogP contribution is 2.44. The van der Waals surface area contributed by atoms with Gasteiger partial charge in [0.05, 0.1) is 6.61 Å². The Kier molecular flexibility index (Phi) is 5.48. The van der Waals surface area contributed by atoms with Crippen LogP contribution >= 0.6 is 0 Å². The van der Waals surface area contributed by atoms with Crippen LogP contribution in [-0.2, 0) is 14.3 Å². The van der Waals surface area contributed by atoms with Gasteiger partial charge in [0.1, 0.15) is 11.8 Å². The Morgan fingerprint density at radius 3 is 2.62 bits per heavy atom. The predicted octanol–water partition coefficient (Wildman–Crippen LogP) is 2.84. The first-order valence-electron chi connectivity index (χ1n) is 9.82. The van der Waals surface area contributed by atoms with E-state index in [0.29, 0.717) is 19.1 Å². The number of ether oxygens (including phenoxy) is 1. The zero-order valence-corrected chi connectivity index (χ0v) is 15.2. The Labute approximate surface area is 145 Å². The van der Waals surface area contributed by atoms with Crippen molar-refractivity contribution in [1.82, 2.24) is 10.2 Å². The molecular formula is C19H32N2O3. The molecule has 2 amide bonds. The van der Waals surface area contributed by atoms with Gasteiger partial charge in [0.15, 0.2) is 0 Å². The Morgan fingerprint density at radius 1 is 1.21 bits per heavy atom. The van der Waals surface area contributed by atoms with E-state index < -0.39 is 11.8 Å². The standard InChI is InChI=1S/C19H32N2O3/c1-3-11-20-17(22)16-13-24-19(10-6-7-14(2)12-19)21(16)18(23)15-8-4-5-9-15/h14-16H,3-13H2,1-2H3,(H,20,22)/t14-,16+,19-/m0/s1. The van der Waals surface area contributed by atoms with Crippen LogP contribution in [0.25, 0.3) is 0 Å². The molecule has 1 spiro atoms. The van der Waals surface area contributed by atoms with Crippen LogP contribution in [0, 0.1) is 11.8 Å². The van der Waals surface area contributed by atoms with Crippen molar-refractivity contribution in [2.75, 3.05) is 13.2 Å². The van der Waals surface area contributed by atoms with Crippen molar-refractivity contribution in [3.8, 4) is 0 Å². The summed E-state index contributed by atoms with van der Waals surface area (Å²) in [5.41, 5.74) is -0.536. The lowest BCUT2D eigenvalue weighted by molar-refractivity contribution is -0.166. The molecule has 1 aliphatic heterocycles. The fourth-order valence-corrected chi connectivity index (χ4v) is 4.77. The normalized spacial score (nSPS) is 34.0. The first-order chi connectivity index (χ1) is 11.6. The highest BCUT2D eigenvalue weighted by molar-refractivity contribution is 5.89. The molecule has 1 saturated heterocycles. The Morgan fingerprint density at radius 2 is 1.96 bits per heavy atom. The molecule has 136 valence electrons. The van der Waals surface area contributed by atoms with Gasteiger partial charge in [0, 0.05) is 12.5 Å². The van der Waals surface area contributed by atoms with E-state index in [9.17, 15) is 9.59 Å². The van der Waals surface area contributed by atoms with E-state index in [2.05, 4.69) is 12.2 Å². The predicted molar refractivity (Wildman–Crippen MR) is 92.2 cm³/mol. The van der Waals surface area contributed by atoms with Crippen LogP contribution in [-0.4, -0.2) is 41.6 Å². The molecule has 0 bridgehead atoms. The van der Waals surface area contributed by atoms with Crippen LogP contribution in [0.5, 0.6) is 0 Å². The second kappa shape index (κ2) is 7.42. The molecule has 0 aromatic rings. The Bertz CT molecular complexity index is 475. The maximum absolute atomic E-state index is 13.3. The third kappa shape index (κ3) is 3.32. The van der Waals surface area contributed by atoms with E-state index in [0.717, 1.165) is 51.4 Å². The lowest BCUT2D eigenvalue weighted by Gasteiger charge is -2.44. The molecule has 2 aliphatic carbocycles. The molecule has 3 atom stereocenters. The molecule has 0 unspecified atom stereocenters. The summed E-state index contributed by atoms with van der Waals surface area (Å²) in [4.78, 5) is 27.8. The number of carbonyl (C=O) groups is 2. The molecule has 1 heterocycles. The van der Waals surface area contributed by atoms with Gasteiger partial charge in [-0.2, -0.15) is 0 Å². The lowest BCUT2D eigenvalue weighted by Crippen LogP contribution is -2.58. The van der Waals surface area contributed by atoms with Gasteiger partial charge in [-0.15, -0.1) is 0 Å². The van der Waals surface area contributed by atoms with Crippen LogP contribution in [0.2, 0.25) is 0 Å². The first-order valence-corrected chi connectivity index (χ1v) is 9.82. The van der Waals surface area contributed by atoms with Crippen molar-refractivity contribution in [2.45, 2.75) is 83.4 Å². The number of carbonyl (C=O) groups excluding carboxylic acids is 2. The Hall–Kier alpha value is -1.10. The van der Waals surface area contributed by atoms with Crippen LogP contribution in [0.4, 0.5) is 0 Å². The van der Waals surface area contributed by atoms with Crippen LogP contribution in [0.1, 0.15) is 71.6 Å². The molecule has 0 aromatic heterocycles. The van der Waals surface area contributed by atoms with Gasteiger partial charge in [0.2, 0.25) is 11.8 Å². The number of hydrogen-bond donors (Lipinski definition) is 1. The van der Waals surface area contributed by atoms with E-state index in [1.807, 2.05) is 11.8 Å². The molecule has 24 heavy (non-hydrogen) atoms. The zero-order chi connectivity index (χ0) is 17.2. The van der Waals surface area contributed by atoms with E-state index in [-0.39, 0.29) is 17.7 Å². The third-order valence-corrected chi connectivity index (χ3v) is 5.99. The van der Waals surface area contributed by atoms with Crippen LogP contribution in [0.15, 0.2) is 0 Å². The van der Waals surface area contributed by atoms with Gasteiger partial charge in [-0.25, -0.2) is 0 Å². The number of hydrogen-bond acceptors (Lipinski definition) is 3. The van der Waals surface area contributed by atoms with Crippen molar-refractivity contribution >= 4 is 11.8 Å². The SMILES string of the molecule is CCCNC(=O)[C@H]1CO[C@]2(CCC[C@H](C)C2)N1C(=O)C1CCCC1. The summed E-state index contributed by atoms with van der Waals surface area (Å²) in [5.74, 6) is 0.742. The maximum Gasteiger partial charge on any atom is 0.245 e. The second-order valence-corrected chi connectivity index (χ2v) is 7.96. The van der Waals surface area contributed by atoms with Crippen molar-refractivity contribution in [1.29, 1.82) is 0 Å². The highest BCUT2D eigenvalue weighted by atomic mass is 16.5. The van der Waals surface area contributed by atoms with Crippen LogP contribution < -0.4 is 5.32 Å². The fourth-order valence-electron chi connectivity index (χ4n) is 4.77. The quantitative estimate of drug-likeness (QED) is 0.859. The molecule has 5 nitrogen and oxygen atoms in total. The van der Waals surface area contributed by atoms with Gasteiger partial charge in [-0.3, -0.25) is 14.5 Å². The summed E-state index contributed by atoms with van der Waals surface area (Å²) >= 11 is 0. The number of nitrogens with one attached hydrogen (secondary N) is 1. The molecule has 0 aromatic carbocycles. The van der Waals surface area contributed by atoms with Crippen molar-refractivity contribution in [3.63, 3.8) is 0 Å². The van der Waals surface area contributed by atoms with Gasteiger partial charge in [-0.1, -0.05) is 33.1 Å². The largest absolute Gasteiger partial charge is 0.354 e. The smallest absolute Gasteiger partial charge is 0.245 e. The van der Waals surface area contributed by atoms with Crippen molar-refractivity contribution in [2.24, 2.45) is 11.8 Å². The summed E-state index contributed by atoms with van der Waals surface area (Å²) in [5, 5.41) is 2.97. The average molecular weight is 336 g/mol. The molecular weight excluding hydrogens is 304 g/mol. The lowest BCUT2D eigenvalue weighted by atomic mass is 9.82. The molecule has 3 fully saturated rings. The summed E-state index contributed by atoms with van der Waals surface area (Å²) in [6.07, 6.45) is 9.06. The topological polar surface area (TPSA) is 58.6 Å². The van der Waals surface area contributed by atoms with Gasteiger partial charge in [-0.05, 0) is 44.4 Å². The summed E-state index contributed by atoms with van der Waals surface area (Å²) in [6.45, 7) is 5.27. The number of nitrogens with zero attached hydrogens (tertiary/aromatic N) is 1. The summed E-state index contributed by atoms with van der Waals surface area (Å²) in [7, 11) is 0. The monoisotopic (exact) mass is 336 g/mol. The van der Waals surface area contributed by atoms with Crippen molar-refractivity contribution in [3.05, 3.63) is 0 Å². The maximum atomic E-state index is 13.3. The second-order valence-electron chi connectivity index (χ2n) is 7.96. The highest BCUT2D eigenvalue weighted by Gasteiger charge is 2.54. The minimum Gasteiger partial charge on any atom is -0.354 e. The third-order valence-electron chi connectivity index (χ3n) is 5.99. The summed E-state index contributed by atoms with van der Waals surface area (Å²) in [6, 6.07) is -0.449. The molecule has 3 rings (SSSR count). The minimum atomic E-state index is -0.536. The van der Waals surface area contributed by atoms with Gasteiger partial charge >= 0.3 is 0 Å². The van der Waals surface area contributed by atoms with E-state index in [4.69, 9.17) is 4.74 Å². The number of rotatable bonds is 4. The van der Waals surface area contributed by atoms with Crippen molar-refractivity contribution < 1.29 is 14.3 Å². The minimum absolute atomic E-state index is 0.0432. The molecule has 1 N–H and O–H groups in total. The average Bonchev–Trinajstić information content (AvgIpc) is 3.20. The molecule has 3 aliphatic rings. The Balaban J connectivity index is 1.83. The van der Waals surface area contributed by atoms with Gasteiger partial charge in [0.25, 0.3) is 0 Å². The van der Waals surface area contributed by atoms with E-state index >= 15 is 0 Å². The fraction of sp³-hybridized carbons (Fsp3) is 0.895. The van der Waals surface area contributed by atoms with Crippen LogP contribution in [0.3, 0.4) is 0 Å². The number of amides is 2. The zero-order valence-electron chi connectivity index (χ0n) is 15.2. The molecule has 2 saturated carbocycles. The molecule has 0 radical (unpaired) electrons. The van der Waals surface area contributed by atoms with E-state index in [1.165, 1.54) is 6.42 Å². The summed E-state index contributed by atoms with van der Waals surface area (Å²) < 4.78 is 6.20. The molecule has 5 heteroatoms. The first kappa shape index (κ1) is 17.7. The van der Waals surface area contributed by atoms with E-state index in [1.54, 1.807) is 0 Å².